The number of halogens is 3. The minimum Gasteiger partial charge on any atom is -0.611 e. The van der Waals surface area contributed by atoms with Gasteiger partial charge >= 0.3 is 12.5 Å². The van der Waals surface area contributed by atoms with E-state index in [4.69, 9.17) is 4.74 Å². The highest BCUT2D eigenvalue weighted by atomic mass is 32.2. The molecule has 2 heterocycles. The third-order valence-electron chi connectivity index (χ3n) is 5.30. The van der Waals surface area contributed by atoms with E-state index in [2.05, 4.69) is 25.0 Å². The van der Waals surface area contributed by atoms with Gasteiger partial charge in [0.25, 0.3) is 0 Å². The second-order valence-corrected chi connectivity index (χ2v) is 9.19. The number of amides is 1. The van der Waals surface area contributed by atoms with Gasteiger partial charge in [0.2, 0.25) is 0 Å². The molecule has 34 heavy (non-hydrogen) atoms. The molecule has 9 nitrogen and oxygen atoms in total. The molecule has 1 saturated heterocycles. The van der Waals surface area contributed by atoms with Crippen LogP contribution in [-0.2, 0) is 22.5 Å². The number of ether oxygens (including phenoxy) is 2. The summed E-state index contributed by atoms with van der Waals surface area (Å²) in [5, 5.41) is 10.4. The number of hydrogen-bond donors (Lipinski definition) is 1. The number of rotatable bonds is 7. The Balaban J connectivity index is 1.17. The van der Waals surface area contributed by atoms with E-state index in [1.165, 1.54) is 24.3 Å². The third kappa shape index (κ3) is 6.52. The molecule has 13 heteroatoms. The Morgan fingerprint density at radius 1 is 1.12 bits per heavy atom. The van der Waals surface area contributed by atoms with Crippen molar-refractivity contribution in [1.82, 2.24) is 25.2 Å². The average Bonchev–Trinajstić information content (AvgIpc) is 3.29. The minimum absolute atomic E-state index is 0.0550. The molecule has 0 radical (unpaired) electrons. The number of H-pyrrole nitrogens is 1. The monoisotopic (exact) mass is 497 g/mol. The summed E-state index contributed by atoms with van der Waals surface area (Å²) >= 11 is -1.17. The van der Waals surface area contributed by atoms with Crippen LogP contribution in [0.3, 0.4) is 0 Å². The second-order valence-electron chi connectivity index (χ2n) is 7.62. The van der Waals surface area contributed by atoms with Crippen LogP contribution in [0.4, 0.5) is 18.0 Å². The number of nitrogens with zero attached hydrogens (tertiary/aromatic N) is 4. The Morgan fingerprint density at radius 2 is 1.85 bits per heavy atom. The first kappa shape index (κ1) is 24.1. The van der Waals surface area contributed by atoms with Gasteiger partial charge in [0.05, 0.1) is 5.52 Å². The lowest BCUT2D eigenvalue weighted by Crippen LogP contribution is -2.49. The van der Waals surface area contributed by atoms with Crippen molar-refractivity contribution in [1.29, 1.82) is 0 Å². The van der Waals surface area contributed by atoms with Crippen LogP contribution in [0.5, 0.6) is 5.75 Å². The van der Waals surface area contributed by atoms with Gasteiger partial charge in [0.15, 0.2) is 4.90 Å². The first-order chi connectivity index (χ1) is 16.3. The zero-order chi connectivity index (χ0) is 24.1. The van der Waals surface area contributed by atoms with E-state index in [0.29, 0.717) is 48.9 Å². The maximum atomic E-state index is 12.6. The highest BCUT2D eigenvalue weighted by Gasteiger charge is 2.31. The smallest absolute Gasteiger partial charge is 0.573 e. The van der Waals surface area contributed by atoms with Gasteiger partial charge in [0, 0.05) is 38.8 Å². The van der Waals surface area contributed by atoms with E-state index >= 15 is 0 Å². The molecule has 0 bridgehead atoms. The topological polar surface area (TPSA) is 107 Å². The van der Waals surface area contributed by atoms with E-state index in [-0.39, 0.29) is 12.4 Å². The van der Waals surface area contributed by atoms with Gasteiger partial charge in [-0.05, 0) is 41.0 Å². The lowest BCUT2D eigenvalue weighted by molar-refractivity contribution is -0.274. The molecule has 1 aliphatic rings. The van der Waals surface area contributed by atoms with Crippen LogP contribution in [0.15, 0.2) is 47.4 Å². The maximum absolute atomic E-state index is 12.6. The van der Waals surface area contributed by atoms with Crippen LogP contribution in [-0.4, -0.2) is 80.7 Å². The summed E-state index contributed by atoms with van der Waals surface area (Å²) in [6.07, 6.45) is -5.24. The van der Waals surface area contributed by atoms with E-state index < -0.39 is 23.6 Å². The van der Waals surface area contributed by atoms with Gasteiger partial charge in [-0.25, -0.2) is 4.79 Å². The van der Waals surface area contributed by atoms with Crippen LogP contribution >= 0.6 is 0 Å². The molecule has 0 saturated carbocycles. The van der Waals surface area contributed by atoms with Crippen LogP contribution in [0.1, 0.15) is 5.56 Å². The fraction of sp³-hybridized carbons (Fsp3) is 0.381. The Kier molecular flexibility index (Phi) is 7.44. The fourth-order valence-corrected chi connectivity index (χ4v) is 4.60. The number of aromatic nitrogens is 3. The molecule has 1 amide bonds. The van der Waals surface area contributed by atoms with Crippen molar-refractivity contribution < 1.29 is 32.0 Å². The van der Waals surface area contributed by atoms with Crippen LogP contribution < -0.4 is 4.74 Å². The van der Waals surface area contributed by atoms with E-state index in [1.807, 2.05) is 0 Å². The summed E-state index contributed by atoms with van der Waals surface area (Å²) < 4.78 is 58.3. The molecule has 1 aromatic heterocycles. The summed E-state index contributed by atoms with van der Waals surface area (Å²) in [4.78, 5) is 16.7. The van der Waals surface area contributed by atoms with Crippen LogP contribution in [0.2, 0.25) is 0 Å². The molecular weight excluding hydrogens is 475 g/mol. The summed E-state index contributed by atoms with van der Waals surface area (Å²) in [6, 6.07) is 10.5. The molecule has 1 N–H and O–H groups in total. The maximum Gasteiger partial charge on any atom is 0.573 e. The van der Waals surface area contributed by atoms with E-state index in [9.17, 15) is 22.5 Å². The highest BCUT2D eigenvalue weighted by molar-refractivity contribution is 7.91. The average molecular weight is 497 g/mol. The van der Waals surface area contributed by atoms with Crippen molar-refractivity contribution in [3.8, 4) is 5.75 Å². The first-order valence-electron chi connectivity index (χ1n) is 10.4. The zero-order valence-electron chi connectivity index (χ0n) is 18.0. The molecule has 0 spiro atoms. The normalized spacial score (nSPS) is 15.9. The molecule has 1 fully saturated rings. The number of nitrogens with one attached hydrogen (secondary N) is 1. The molecule has 1 unspecified atom stereocenters. The molecule has 2 aromatic carbocycles. The highest BCUT2D eigenvalue weighted by Crippen LogP contribution is 2.23. The SMILES string of the molecule is O=C(OCc1ccc(OC(F)(F)F)cc1)N1CCN(CC[S+]([O-])c2ccc3nn[nH]c3c2)CC1. The number of fused-ring (bicyclic) bond motifs is 1. The van der Waals surface area contributed by atoms with Gasteiger partial charge in [-0.3, -0.25) is 10.00 Å². The second kappa shape index (κ2) is 10.5. The van der Waals surface area contributed by atoms with Crippen LogP contribution in [0.25, 0.3) is 11.0 Å². The number of carbonyl (C=O) groups is 1. The molecule has 3 aromatic rings. The number of alkyl halides is 3. The van der Waals surface area contributed by atoms with E-state index in [0.717, 1.165) is 11.0 Å². The lowest BCUT2D eigenvalue weighted by Gasteiger charge is -2.33. The van der Waals surface area contributed by atoms with E-state index in [1.54, 1.807) is 23.1 Å². The van der Waals surface area contributed by atoms with Crippen molar-refractivity contribution in [2.24, 2.45) is 0 Å². The number of aromatic amines is 1. The van der Waals surface area contributed by atoms with Crippen molar-refractivity contribution in [3.05, 3.63) is 48.0 Å². The van der Waals surface area contributed by atoms with Crippen LogP contribution in [0, 0.1) is 0 Å². The Hall–Kier alpha value is -3.03. The standard InChI is InChI=1S/C21H22F3N5O4S/c22-21(23,24)33-16-3-1-15(2-4-16)14-32-20(30)29-9-7-28(8-10-29)11-12-34(31)17-5-6-18-19(13-17)26-27-25-18/h1-6,13H,7-12,14H2,(H,25,26,27). The number of carbonyl (C=O) groups excluding carboxylic acids is 1. The third-order valence-corrected chi connectivity index (χ3v) is 6.63. The molecule has 182 valence electrons. The zero-order valence-corrected chi connectivity index (χ0v) is 18.8. The Labute approximate surface area is 196 Å². The van der Waals surface area contributed by atoms with Crippen molar-refractivity contribution in [2.45, 2.75) is 17.9 Å². The molecule has 4 rings (SSSR count). The van der Waals surface area contributed by atoms with Gasteiger partial charge in [0.1, 0.15) is 23.6 Å². The van der Waals surface area contributed by atoms with Crippen molar-refractivity contribution in [2.75, 3.05) is 38.5 Å². The predicted octanol–water partition coefficient (Wildman–Crippen LogP) is 2.92. The lowest BCUT2D eigenvalue weighted by atomic mass is 10.2. The summed E-state index contributed by atoms with van der Waals surface area (Å²) in [5.74, 6) is 0.129. The van der Waals surface area contributed by atoms with Gasteiger partial charge in [-0.2, -0.15) is 0 Å². The summed E-state index contributed by atoms with van der Waals surface area (Å²) in [7, 11) is 0. The molecule has 0 aliphatic carbocycles. The molecule has 1 aliphatic heterocycles. The van der Waals surface area contributed by atoms with Gasteiger partial charge in [-0.1, -0.05) is 17.3 Å². The Morgan fingerprint density at radius 3 is 2.56 bits per heavy atom. The fourth-order valence-electron chi connectivity index (χ4n) is 3.47. The number of piperazine rings is 1. The molecular formula is C21H22F3N5O4S. The Bertz CT molecular complexity index is 1100. The number of hydrogen-bond acceptors (Lipinski definition) is 7. The quantitative estimate of drug-likeness (QED) is 0.500. The predicted molar refractivity (Wildman–Crippen MR) is 116 cm³/mol. The van der Waals surface area contributed by atoms with Gasteiger partial charge in [-0.15, -0.1) is 18.3 Å². The summed E-state index contributed by atoms with van der Waals surface area (Å²) in [6.45, 7) is 2.76. The van der Waals surface area contributed by atoms with Crippen molar-refractivity contribution in [3.63, 3.8) is 0 Å². The number of benzene rings is 2. The minimum atomic E-state index is -4.75. The molecule has 1 atom stereocenters. The van der Waals surface area contributed by atoms with Crippen molar-refractivity contribution >= 4 is 28.3 Å². The van der Waals surface area contributed by atoms with Gasteiger partial charge < -0.3 is 18.9 Å². The first-order valence-corrected chi connectivity index (χ1v) is 11.8. The largest absolute Gasteiger partial charge is 0.611 e. The summed E-state index contributed by atoms with van der Waals surface area (Å²) in [5.41, 5.74) is 2.01.